The van der Waals surface area contributed by atoms with Crippen LogP contribution in [0.4, 0.5) is 4.39 Å². The average molecular weight is 205 g/mol. The third-order valence-electron chi connectivity index (χ3n) is 1.74. The first-order chi connectivity index (χ1) is 7.24. The van der Waals surface area contributed by atoms with Crippen molar-refractivity contribution < 1.29 is 14.2 Å². The molecule has 0 amide bonds. The topological polar surface area (TPSA) is 42.4 Å². The van der Waals surface area contributed by atoms with E-state index in [1.165, 1.54) is 30.5 Å². The largest absolute Gasteiger partial charge is 0.508 e. The first kappa shape index (κ1) is 9.45. The Labute approximate surface area is 85.8 Å². The molecule has 3 nitrogen and oxygen atoms in total. The van der Waals surface area contributed by atoms with Crippen molar-refractivity contribution >= 4 is 0 Å². The lowest BCUT2D eigenvalue weighted by molar-refractivity contribution is 0.442. The Morgan fingerprint density at radius 3 is 2.80 bits per heavy atom. The molecule has 1 N–H and O–H groups in total. The number of benzene rings is 1. The van der Waals surface area contributed by atoms with Crippen LogP contribution in [0.1, 0.15) is 0 Å². The van der Waals surface area contributed by atoms with Crippen LogP contribution in [0, 0.1) is 5.82 Å². The maximum absolute atomic E-state index is 12.8. The monoisotopic (exact) mass is 205 g/mol. The van der Waals surface area contributed by atoms with E-state index in [2.05, 4.69) is 4.98 Å². The Bertz CT molecular complexity index is 430. The molecule has 1 aromatic heterocycles. The lowest BCUT2D eigenvalue weighted by Crippen LogP contribution is -1.87. The number of hydrogen-bond donors (Lipinski definition) is 1. The van der Waals surface area contributed by atoms with Gasteiger partial charge in [-0.15, -0.1) is 0 Å². The van der Waals surface area contributed by atoms with Gasteiger partial charge in [0.1, 0.15) is 17.3 Å². The van der Waals surface area contributed by atoms with Gasteiger partial charge in [0, 0.05) is 18.3 Å². The molecule has 0 aliphatic carbocycles. The van der Waals surface area contributed by atoms with Gasteiger partial charge in [-0.05, 0) is 18.2 Å². The van der Waals surface area contributed by atoms with Crippen LogP contribution in [0.2, 0.25) is 0 Å². The van der Waals surface area contributed by atoms with Crippen molar-refractivity contribution in [3.05, 3.63) is 48.4 Å². The van der Waals surface area contributed by atoms with Crippen LogP contribution in [-0.2, 0) is 0 Å². The van der Waals surface area contributed by atoms with Crippen molar-refractivity contribution in [2.75, 3.05) is 0 Å². The van der Waals surface area contributed by atoms with Gasteiger partial charge in [-0.3, -0.25) is 0 Å². The predicted octanol–water partition coefficient (Wildman–Crippen LogP) is 2.72. The van der Waals surface area contributed by atoms with E-state index >= 15 is 0 Å². The van der Waals surface area contributed by atoms with Crippen molar-refractivity contribution in [2.45, 2.75) is 0 Å². The second kappa shape index (κ2) is 3.96. The smallest absolute Gasteiger partial charge is 0.222 e. The van der Waals surface area contributed by atoms with Gasteiger partial charge >= 0.3 is 0 Å². The fourth-order valence-corrected chi connectivity index (χ4v) is 1.11. The highest BCUT2D eigenvalue weighted by molar-refractivity contribution is 5.34. The maximum Gasteiger partial charge on any atom is 0.222 e. The normalized spacial score (nSPS) is 9.93. The summed E-state index contributed by atoms with van der Waals surface area (Å²) in [4.78, 5) is 3.82. The van der Waals surface area contributed by atoms with Gasteiger partial charge in [0.2, 0.25) is 5.88 Å². The SMILES string of the molecule is Oc1cccc(Oc2cc(F)ccn2)c1. The molecule has 15 heavy (non-hydrogen) atoms. The van der Waals surface area contributed by atoms with Crippen molar-refractivity contribution in [1.82, 2.24) is 4.98 Å². The van der Waals surface area contributed by atoms with E-state index in [1.54, 1.807) is 12.1 Å². The average Bonchev–Trinajstić information content (AvgIpc) is 2.17. The number of aromatic nitrogens is 1. The molecule has 0 unspecified atom stereocenters. The zero-order chi connectivity index (χ0) is 10.7. The standard InChI is InChI=1S/C11H8FNO2/c12-8-4-5-13-11(6-8)15-10-3-1-2-9(14)7-10/h1-7,14H. The highest BCUT2D eigenvalue weighted by Gasteiger charge is 2.00. The van der Waals surface area contributed by atoms with E-state index in [-0.39, 0.29) is 11.6 Å². The number of aromatic hydroxyl groups is 1. The fraction of sp³-hybridized carbons (Fsp3) is 0. The Morgan fingerprint density at radius 1 is 1.20 bits per heavy atom. The second-order valence-electron chi connectivity index (χ2n) is 2.91. The summed E-state index contributed by atoms with van der Waals surface area (Å²) in [5.74, 6) is 0.234. The quantitative estimate of drug-likeness (QED) is 0.819. The lowest BCUT2D eigenvalue weighted by Gasteiger charge is -2.04. The molecular weight excluding hydrogens is 197 g/mol. The van der Waals surface area contributed by atoms with Crippen molar-refractivity contribution in [3.8, 4) is 17.4 Å². The van der Waals surface area contributed by atoms with Gasteiger partial charge in [-0.2, -0.15) is 0 Å². The molecule has 2 rings (SSSR count). The molecule has 0 aliphatic rings. The Hall–Kier alpha value is -2.10. The highest BCUT2D eigenvalue weighted by atomic mass is 19.1. The number of halogens is 1. The maximum atomic E-state index is 12.8. The van der Waals surface area contributed by atoms with E-state index in [4.69, 9.17) is 4.74 Å². The molecule has 0 bridgehead atoms. The molecule has 0 atom stereocenters. The number of pyridine rings is 1. The van der Waals surface area contributed by atoms with Crippen LogP contribution in [0.5, 0.6) is 17.4 Å². The summed E-state index contributed by atoms with van der Waals surface area (Å²) in [6.45, 7) is 0. The number of phenols is 1. The van der Waals surface area contributed by atoms with Gasteiger partial charge in [0.05, 0.1) is 0 Å². The molecule has 76 valence electrons. The molecule has 4 heteroatoms. The summed E-state index contributed by atoms with van der Waals surface area (Å²) < 4.78 is 18.0. The minimum absolute atomic E-state index is 0.0869. The van der Waals surface area contributed by atoms with Crippen molar-refractivity contribution in [2.24, 2.45) is 0 Å². The van der Waals surface area contributed by atoms with Crippen LogP contribution in [0.3, 0.4) is 0 Å². The van der Waals surface area contributed by atoms with Crippen LogP contribution in [0.25, 0.3) is 0 Å². The molecule has 0 saturated carbocycles. The molecule has 0 fully saturated rings. The predicted molar refractivity (Wildman–Crippen MR) is 52.4 cm³/mol. The molecule has 0 radical (unpaired) electrons. The molecule has 0 spiro atoms. The first-order valence-corrected chi connectivity index (χ1v) is 4.32. The summed E-state index contributed by atoms with van der Waals surface area (Å²) >= 11 is 0. The highest BCUT2D eigenvalue weighted by Crippen LogP contribution is 2.23. The third kappa shape index (κ3) is 2.43. The van der Waals surface area contributed by atoms with Crippen LogP contribution < -0.4 is 4.74 Å². The Kier molecular flexibility index (Phi) is 2.49. The van der Waals surface area contributed by atoms with E-state index in [1.807, 2.05) is 0 Å². The van der Waals surface area contributed by atoms with Crippen LogP contribution >= 0.6 is 0 Å². The molecular formula is C11H8FNO2. The van der Waals surface area contributed by atoms with Crippen molar-refractivity contribution in [3.63, 3.8) is 0 Å². The van der Waals surface area contributed by atoms with E-state index in [0.717, 1.165) is 0 Å². The fourth-order valence-electron chi connectivity index (χ4n) is 1.11. The molecule has 0 saturated heterocycles. The third-order valence-corrected chi connectivity index (χ3v) is 1.74. The molecule has 0 aliphatic heterocycles. The summed E-state index contributed by atoms with van der Waals surface area (Å²) in [6.07, 6.45) is 1.31. The number of nitrogens with zero attached hydrogens (tertiary/aromatic N) is 1. The lowest BCUT2D eigenvalue weighted by atomic mass is 10.3. The Balaban J connectivity index is 2.22. The van der Waals surface area contributed by atoms with Gasteiger partial charge in [-0.1, -0.05) is 6.07 Å². The van der Waals surface area contributed by atoms with E-state index in [9.17, 15) is 9.50 Å². The number of phenolic OH excluding ortho intramolecular Hbond substituents is 1. The van der Waals surface area contributed by atoms with Crippen LogP contribution in [0.15, 0.2) is 42.6 Å². The summed E-state index contributed by atoms with van der Waals surface area (Å²) in [7, 11) is 0. The Morgan fingerprint density at radius 2 is 2.07 bits per heavy atom. The van der Waals surface area contributed by atoms with E-state index < -0.39 is 5.82 Å². The minimum Gasteiger partial charge on any atom is -0.508 e. The van der Waals surface area contributed by atoms with Gasteiger partial charge in [0.15, 0.2) is 0 Å². The first-order valence-electron chi connectivity index (χ1n) is 4.32. The van der Waals surface area contributed by atoms with Crippen molar-refractivity contribution in [1.29, 1.82) is 0 Å². The van der Waals surface area contributed by atoms with Gasteiger partial charge < -0.3 is 9.84 Å². The van der Waals surface area contributed by atoms with Gasteiger partial charge in [-0.25, -0.2) is 9.37 Å². The molecule has 1 aromatic carbocycles. The second-order valence-corrected chi connectivity index (χ2v) is 2.91. The van der Waals surface area contributed by atoms with Crippen LogP contribution in [-0.4, -0.2) is 10.1 Å². The summed E-state index contributed by atoms with van der Waals surface area (Å²) in [6, 6.07) is 8.62. The minimum atomic E-state index is -0.417. The van der Waals surface area contributed by atoms with Gasteiger partial charge in [0.25, 0.3) is 0 Å². The number of rotatable bonds is 2. The molecule has 1 heterocycles. The number of hydrogen-bond acceptors (Lipinski definition) is 3. The van der Waals surface area contributed by atoms with E-state index in [0.29, 0.717) is 5.75 Å². The molecule has 2 aromatic rings. The summed E-state index contributed by atoms with van der Waals surface area (Å²) in [5, 5.41) is 9.17. The zero-order valence-electron chi connectivity index (χ0n) is 7.72. The summed E-state index contributed by atoms with van der Waals surface area (Å²) in [5.41, 5.74) is 0. The number of ether oxygens (including phenoxy) is 1. The zero-order valence-corrected chi connectivity index (χ0v) is 7.72.